The number of anilines is 3. The largest absolute Gasteiger partial charge is 0.309 e. The van der Waals surface area contributed by atoms with Gasteiger partial charge in [0.1, 0.15) is 8.07 Å². The van der Waals surface area contributed by atoms with E-state index in [0.29, 0.717) is 0 Å². The molecule has 0 saturated carbocycles. The number of benzene rings is 7. The van der Waals surface area contributed by atoms with Gasteiger partial charge in [0, 0.05) is 39.1 Å². The summed E-state index contributed by atoms with van der Waals surface area (Å²) < 4.78 is 0. The first kappa shape index (κ1) is 25.3. The molecule has 208 valence electrons. The van der Waals surface area contributed by atoms with E-state index in [2.05, 4.69) is 164 Å². The Kier molecular flexibility index (Phi) is 5.38. The van der Waals surface area contributed by atoms with Gasteiger partial charge in [-0.15, -0.1) is 0 Å². The van der Waals surface area contributed by atoms with E-state index < -0.39 is 8.07 Å². The van der Waals surface area contributed by atoms with Gasteiger partial charge in [-0.2, -0.15) is 0 Å². The molecule has 0 spiro atoms. The number of hydrogen-bond acceptors (Lipinski definition) is 2. The first-order chi connectivity index (χ1) is 21.6. The molecule has 0 amide bonds. The fourth-order valence-electron chi connectivity index (χ4n) is 7.57. The van der Waals surface area contributed by atoms with E-state index >= 15 is 0 Å². The van der Waals surface area contributed by atoms with Gasteiger partial charge in [0.05, 0.1) is 11.2 Å². The number of fused-ring (bicyclic) bond motifs is 7. The lowest BCUT2D eigenvalue weighted by molar-refractivity contribution is 1.31. The summed E-state index contributed by atoms with van der Waals surface area (Å²) >= 11 is 0. The molecule has 7 aromatic carbocycles. The molecule has 2 heterocycles. The van der Waals surface area contributed by atoms with Crippen LogP contribution in [0.2, 0.25) is 13.1 Å². The summed E-state index contributed by atoms with van der Waals surface area (Å²) in [7, 11) is -1.93. The second-order valence-corrected chi connectivity index (χ2v) is 16.7. The fraction of sp³-hybridized carbons (Fsp3) is 0.0488. The molecule has 0 atom stereocenters. The molecule has 0 saturated heterocycles. The summed E-state index contributed by atoms with van der Waals surface area (Å²) in [4.78, 5) is 7.61. The van der Waals surface area contributed by atoms with Crippen molar-refractivity contribution < 1.29 is 0 Å². The van der Waals surface area contributed by atoms with Crippen LogP contribution in [-0.2, 0) is 0 Å². The molecular formula is C41H30N2Si. The van der Waals surface area contributed by atoms with E-state index in [9.17, 15) is 0 Å². The third-order valence-corrected chi connectivity index (χ3v) is 13.2. The van der Waals surface area contributed by atoms with Crippen molar-refractivity contribution in [1.82, 2.24) is 4.98 Å². The van der Waals surface area contributed by atoms with Crippen molar-refractivity contribution in [1.29, 1.82) is 0 Å². The molecule has 0 fully saturated rings. The second-order valence-electron chi connectivity index (χ2n) is 12.4. The Morgan fingerprint density at radius 3 is 1.86 bits per heavy atom. The molecule has 1 aliphatic rings. The highest BCUT2D eigenvalue weighted by Gasteiger charge is 2.39. The predicted octanol–water partition coefficient (Wildman–Crippen LogP) is 9.97. The highest BCUT2D eigenvalue weighted by atomic mass is 28.3. The van der Waals surface area contributed by atoms with Crippen LogP contribution in [0.15, 0.2) is 146 Å². The molecule has 3 heteroatoms. The van der Waals surface area contributed by atoms with Gasteiger partial charge in [-0.25, -0.2) is 0 Å². The van der Waals surface area contributed by atoms with E-state index in [-0.39, 0.29) is 0 Å². The van der Waals surface area contributed by atoms with Crippen molar-refractivity contribution in [3.8, 4) is 11.1 Å². The Morgan fingerprint density at radius 2 is 1.11 bits per heavy atom. The maximum atomic E-state index is 5.08. The van der Waals surface area contributed by atoms with E-state index in [1.807, 2.05) is 0 Å². The van der Waals surface area contributed by atoms with E-state index in [1.54, 1.807) is 0 Å². The minimum atomic E-state index is -1.93. The van der Waals surface area contributed by atoms with E-state index in [4.69, 9.17) is 4.98 Å². The minimum Gasteiger partial charge on any atom is -0.309 e. The SMILES string of the molecule is C[Si]1(C)c2ccccc2N(c2c3ccccc3c(-c3ccc4ccccc4c3)c3c2cnc2ccccc23)c2ccccc21. The standard InChI is InChI=1S/C41H30N2Si/c1-44(2)37-21-11-9-19-35(37)43(36-20-10-12-22-38(36)44)41-31-16-6-5-15-30(31)39(29-24-23-27-13-3-4-14-28(27)25-29)40-32-17-7-8-18-34(32)42-26-33(40)41/h3-26H,1-2H3. The molecular weight excluding hydrogens is 549 g/mol. The smallest absolute Gasteiger partial charge is 0.117 e. The Balaban J connectivity index is 1.49. The van der Waals surface area contributed by atoms with Crippen molar-refractivity contribution >= 4 is 78.7 Å². The number of hydrogen-bond donors (Lipinski definition) is 0. The normalized spacial score (nSPS) is 13.8. The molecule has 1 aromatic heterocycles. The van der Waals surface area contributed by atoms with Gasteiger partial charge in [0.2, 0.25) is 0 Å². The molecule has 1 aliphatic heterocycles. The average molecular weight is 579 g/mol. The Morgan fingerprint density at radius 1 is 0.523 bits per heavy atom. The molecule has 0 unspecified atom stereocenters. The van der Waals surface area contributed by atoms with Crippen LogP contribution in [0, 0.1) is 0 Å². The maximum Gasteiger partial charge on any atom is 0.117 e. The highest BCUT2D eigenvalue weighted by molar-refractivity contribution is 7.02. The van der Waals surface area contributed by atoms with Gasteiger partial charge in [-0.3, -0.25) is 4.98 Å². The third-order valence-electron chi connectivity index (χ3n) is 9.63. The molecule has 2 nitrogen and oxygen atoms in total. The summed E-state index contributed by atoms with van der Waals surface area (Å²) in [5, 5.41) is 11.5. The number of para-hydroxylation sites is 3. The van der Waals surface area contributed by atoms with Crippen molar-refractivity contribution in [2.75, 3.05) is 4.90 Å². The van der Waals surface area contributed by atoms with Gasteiger partial charge in [0.25, 0.3) is 0 Å². The van der Waals surface area contributed by atoms with Crippen molar-refractivity contribution in [2.24, 2.45) is 0 Å². The summed E-state index contributed by atoms with van der Waals surface area (Å²) in [6.07, 6.45) is 2.12. The van der Waals surface area contributed by atoms with Crippen molar-refractivity contribution in [3.63, 3.8) is 0 Å². The Labute approximate surface area is 257 Å². The maximum absolute atomic E-state index is 5.08. The van der Waals surface area contributed by atoms with Crippen LogP contribution >= 0.6 is 0 Å². The molecule has 0 aliphatic carbocycles. The zero-order chi connectivity index (χ0) is 29.4. The average Bonchev–Trinajstić information content (AvgIpc) is 3.08. The Bertz CT molecular complexity index is 2390. The molecule has 8 aromatic rings. The quantitative estimate of drug-likeness (QED) is 0.115. The summed E-state index contributed by atoms with van der Waals surface area (Å²) in [5.74, 6) is 0. The van der Waals surface area contributed by atoms with Crippen LogP contribution in [0.3, 0.4) is 0 Å². The Hall–Kier alpha value is -5.25. The van der Waals surface area contributed by atoms with Gasteiger partial charge in [-0.1, -0.05) is 128 Å². The van der Waals surface area contributed by atoms with Crippen LogP contribution in [-0.4, -0.2) is 13.1 Å². The van der Waals surface area contributed by atoms with Crippen LogP contribution in [0.1, 0.15) is 0 Å². The lowest BCUT2D eigenvalue weighted by Gasteiger charge is -2.41. The topological polar surface area (TPSA) is 16.1 Å². The lowest BCUT2D eigenvalue weighted by atomic mass is 9.88. The first-order valence-corrected chi connectivity index (χ1v) is 18.3. The number of pyridine rings is 1. The first-order valence-electron chi connectivity index (χ1n) is 15.3. The predicted molar refractivity (Wildman–Crippen MR) is 191 cm³/mol. The van der Waals surface area contributed by atoms with Crippen LogP contribution in [0.25, 0.3) is 54.3 Å². The van der Waals surface area contributed by atoms with Gasteiger partial charge in [0.15, 0.2) is 0 Å². The van der Waals surface area contributed by atoms with Crippen molar-refractivity contribution in [2.45, 2.75) is 13.1 Å². The van der Waals surface area contributed by atoms with Crippen LogP contribution in [0.5, 0.6) is 0 Å². The molecule has 0 radical (unpaired) electrons. The van der Waals surface area contributed by atoms with Gasteiger partial charge in [-0.05, 0) is 61.9 Å². The van der Waals surface area contributed by atoms with E-state index in [1.165, 1.54) is 70.9 Å². The summed E-state index contributed by atoms with van der Waals surface area (Å²) in [6, 6.07) is 51.2. The van der Waals surface area contributed by atoms with E-state index in [0.717, 1.165) is 10.9 Å². The molecule has 0 N–H and O–H groups in total. The zero-order valence-corrected chi connectivity index (χ0v) is 25.8. The van der Waals surface area contributed by atoms with Crippen LogP contribution in [0.4, 0.5) is 17.1 Å². The highest BCUT2D eigenvalue weighted by Crippen LogP contribution is 2.50. The third kappa shape index (κ3) is 3.50. The molecule has 9 rings (SSSR count). The van der Waals surface area contributed by atoms with Crippen molar-refractivity contribution in [3.05, 3.63) is 146 Å². The summed E-state index contributed by atoms with van der Waals surface area (Å²) in [5.41, 5.74) is 7.25. The van der Waals surface area contributed by atoms with Gasteiger partial charge < -0.3 is 4.90 Å². The number of nitrogens with zero attached hydrogens (tertiary/aromatic N) is 2. The van der Waals surface area contributed by atoms with Gasteiger partial charge >= 0.3 is 0 Å². The fourth-order valence-corrected chi connectivity index (χ4v) is 10.6. The number of aromatic nitrogens is 1. The van der Waals surface area contributed by atoms with Crippen LogP contribution < -0.4 is 15.3 Å². The molecule has 44 heavy (non-hydrogen) atoms. The lowest BCUT2D eigenvalue weighted by Crippen LogP contribution is -2.58. The summed E-state index contributed by atoms with van der Waals surface area (Å²) in [6.45, 7) is 4.96. The zero-order valence-electron chi connectivity index (χ0n) is 24.8. The number of rotatable bonds is 2. The minimum absolute atomic E-state index is 1.01. The second kappa shape index (κ2) is 9.37. The monoisotopic (exact) mass is 578 g/mol. The molecule has 0 bridgehead atoms.